The first-order valence-electron chi connectivity index (χ1n) is 7.79. The number of nitrogens with zero attached hydrogens (tertiary/aromatic N) is 3. The third kappa shape index (κ3) is 2.65. The molecule has 0 aliphatic carbocycles. The molecule has 3 atom stereocenters. The molecule has 3 rings (SSSR count). The van der Waals surface area contributed by atoms with E-state index in [1.54, 1.807) is 13.2 Å². The van der Waals surface area contributed by atoms with Gasteiger partial charge in [-0.3, -0.25) is 4.79 Å². The molecule has 1 saturated heterocycles. The minimum Gasteiger partial charge on any atom is -0.497 e. The molecule has 23 heavy (non-hydrogen) atoms. The number of hydrogen-bond acceptors (Lipinski definition) is 5. The average Bonchev–Trinajstić information content (AvgIpc) is 2.91. The first-order chi connectivity index (χ1) is 11.1. The fourth-order valence-corrected chi connectivity index (χ4v) is 3.96. The van der Waals surface area contributed by atoms with Crippen molar-refractivity contribution in [1.29, 1.82) is 0 Å². The molecule has 0 aromatic heterocycles. The molecule has 2 aliphatic rings. The Morgan fingerprint density at radius 2 is 2.22 bits per heavy atom. The van der Waals surface area contributed by atoms with Crippen LogP contribution in [0, 0.1) is 10.8 Å². The lowest BCUT2D eigenvalue weighted by Gasteiger charge is -2.41. The maximum Gasteiger partial charge on any atom is 0.308 e. The van der Waals surface area contributed by atoms with Gasteiger partial charge in [-0.1, -0.05) is 0 Å². The van der Waals surface area contributed by atoms with E-state index in [1.165, 1.54) is 5.01 Å². The average molecular weight is 319 g/mol. The number of piperidine rings is 1. The van der Waals surface area contributed by atoms with Gasteiger partial charge >= 0.3 is 5.97 Å². The number of hydrogen-bond donors (Lipinski definition) is 1. The molecule has 1 N–H and O–H groups in total. The molecule has 1 fully saturated rings. The zero-order valence-electron chi connectivity index (χ0n) is 13.3. The van der Waals surface area contributed by atoms with Gasteiger partial charge in [0.15, 0.2) is 0 Å². The van der Waals surface area contributed by atoms with Gasteiger partial charge in [0.25, 0.3) is 0 Å². The monoisotopic (exact) mass is 319 g/mol. The number of benzene rings is 1. The standard InChI is InChI=1S/C16H21N3O4/c1-18-7-3-4-12(16(20)21)15(18)14-9-10-8-11(23-2)5-6-13(10)19(14)17-22/h5-6,8,12,14-15H,3-4,7,9H2,1-2H3,(H,20,21). The lowest BCUT2D eigenvalue weighted by Crippen LogP contribution is -2.56. The van der Waals surface area contributed by atoms with Crippen LogP contribution in [0.15, 0.2) is 23.5 Å². The number of methoxy groups -OCH3 is 1. The molecule has 124 valence electrons. The number of fused-ring (bicyclic) bond motifs is 1. The largest absolute Gasteiger partial charge is 0.497 e. The fraction of sp³-hybridized carbons (Fsp3) is 0.562. The van der Waals surface area contributed by atoms with Crippen LogP contribution in [0.5, 0.6) is 5.75 Å². The first-order valence-corrected chi connectivity index (χ1v) is 7.79. The predicted octanol–water partition coefficient (Wildman–Crippen LogP) is 1.90. The number of carboxylic acid groups (broad SMARTS) is 1. The van der Waals surface area contributed by atoms with Gasteiger partial charge in [0.2, 0.25) is 0 Å². The summed E-state index contributed by atoms with van der Waals surface area (Å²) < 4.78 is 5.24. The quantitative estimate of drug-likeness (QED) is 0.854. The van der Waals surface area contributed by atoms with Crippen LogP contribution in [0.1, 0.15) is 18.4 Å². The van der Waals surface area contributed by atoms with Crippen LogP contribution >= 0.6 is 0 Å². The van der Waals surface area contributed by atoms with Crippen molar-refractivity contribution >= 4 is 11.7 Å². The van der Waals surface area contributed by atoms with Gasteiger partial charge in [-0.2, -0.15) is 0 Å². The van der Waals surface area contributed by atoms with Crippen LogP contribution in [0.3, 0.4) is 0 Å². The highest BCUT2D eigenvalue weighted by Crippen LogP contribution is 2.40. The molecule has 0 saturated carbocycles. The first kappa shape index (κ1) is 15.7. The van der Waals surface area contributed by atoms with Gasteiger partial charge < -0.3 is 14.7 Å². The summed E-state index contributed by atoms with van der Waals surface area (Å²) in [5.74, 6) is -0.567. The second-order valence-electron chi connectivity index (χ2n) is 6.25. The number of likely N-dealkylation sites (tertiary alicyclic amines) is 1. The van der Waals surface area contributed by atoms with E-state index in [4.69, 9.17) is 4.74 Å². The number of nitroso groups, excluding NO2 is 1. The number of aliphatic carboxylic acids is 1. The minimum atomic E-state index is -0.805. The van der Waals surface area contributed by atoms with E-state index in [-0.39, 0.29) is 12.1 Å². The normalized spacial score (nSPS) is 27.6. The molecular weight excluding hydrogens is 298 g/mol. The molecule has 1 aromatic carbocycles. The van der Waals surface area contributed by atoms with Gasteiger partial charge in [-0.15, -0.1) is 4.91 Å². The number of ether oxygens (including phenoxy) is 1. The summed E-state index contributed by atoms with van der Waals surface area (Å²) >= 11 is 0. The van der Waals surface area contributed by atoms with Crippen molar-refractivity contribution < 1.29 is 14.6 Å². The molecule has 3 unspecified atom stereocenters. The third-order valence-corrected chi connectivity index (χ3v) is 5.02. The molecule has 2 aliphatic heterocycles. The molecule has 7 nitrogen and oxygen atoms in total. The zero-order chi connectivity index (χ0) is 16.6. The Kier molecular flexibility index (Phi) is 4.21. The summed E-state index contributed by atoms with van der Waals surface area (Å²) in [5.41, 5.74) is 1.71. The lowest BCUT2D eigenvalue weighted by molar-refractivity contribution is -0.146. The van der Waals surface area contributed by atoms with Crippen molar-refractivity contribution in [3.05, 3.63) is 28.7 Å². The third-order valence-electron chi connectivity index (χ3n) is 5.02. The summed E-state index contributed by atoms with van der Waals surface area (Å²) in [5, 5.41) is 14.2. The Balaban J connectivity index is 1.95. The van der Waals surface area contributed by atoms with Crippen molar-refractivity contribution in [2.75, 3.05) is 25.7 Å². The Morgan fingerprint density at radius 3 is 2.87 bits per heavy atom. The van der Waals surface area contributed by atoms with Crippen molar-refractivity contribution in [2.45, 2.75) is 31.3 Å². The van der Waals surface area contributed by atoms with Crippen LogP contribution in [-0.2, 0) is 11.2 Å². The van der Waals surface area contributed by atoms with E-state index < -0.39 is 11.9 Å². The van der Waals surface area contributed by atoms with Gasteiger partial charge in [-0.05, 0) is 56.6 Å². The molecule has 0 amide bonds. The van der Waals surface area contributed by atoms with Crippen molar-refractivity contribution in [2.24, 2.45) is 11.2 Å². The number of anilines is 1. The molecule has 0 radical (unpaired) electrons. The van der Waals surface area contributed by atoms with E-state index in [9.17, 15) is 14.8 Å². The molecular formula is C16H21N3O4. The molecule has 0 spiro atoms. The van der Waals surface area contributed by atoms with Gasteiger partial charge in [0.1, 0.15) is 5.75 Å². The minimum absolute atomic E-state index is 0.239. The highest BCUT2D eigenvalue weighted by molar-refractivity contribution is 5.72. The van der Waals surface area contributed by atoms with Crippen LogP contribution in [0.4, 0.5) is 5.69 Å². The summed E-state index contributed by atoms with van der Waals surface area (Å²) in [4.78, 5) is 25.2. The predicted molar refractivity (Wildman–Crippen MR) is 85.5 cm³/mol. The molecule has 1 aromatic rings. The van der Waals surface area contributed by atoms with E-state index in [2.05, 4.69) is 5.29 Å². The lowest BCUT2D eigenvalue weighted by atomic mass is 9.84. The molecule has 0 bridgehead atoms. The van der Waals surface area contributed by atoms with Gasteiger partial charge in [0, 0.05) is 6.04 Å². The van der Waals surface area contributed by atoms with Crippen LogP contribution in [0.25, 0.3) is 0 Å². The summed E-state index contributed by atoms with van der Waals surface area (Å²) in [6.45, 7) is 0.831. The Bertz CT molecular complexity index is 621. The van der Waals surface area contributed by atoms with Gasteiger partial charge in [-0.25, -0.2) is 5.01 Å². The number of likely N-dealkylation sites (N-methyl/N-ethyl adjacent to an activating group) is 1. The van der Waals surface area contributed by atoms with Crippen LogP contribution in [0.2, 0.25) is 0 Å². The highest BCUT2D eigenvalue weighted by Gasteiger charge is 2.45. The van der Waals surface area contributed by atoms with Crippen molar-refractivity contribution in [1.82, 2.24) is 4.90 Å². The van der Waals surface area contributed by atoms with Crippen molar-refractivity contribution in [3.63, 3.8) is 0 Å². The maximum atomic E-state index is 11.7. The second-order valence-corrected chi connectivity index (χ2v) is 6.25. The van der Waals surface area contributed by atoms with Crippen LogP contribution in [-0.4, -0.2) is 48.8 Å². The summed E-state index contributed by atoms with van der Waals surface area (Å²) in [7, 11) is 3.52. The van der Waals surface area contributed by atoms with E-state index >= 15 is 0 Å². The van der Waals surface area contributed by atoms with Crippen molar-refractivity contribution in [3.8, 4) is 5.75 Å². The Hall–Kier alpha value is -2.15. The number of carboxylic acids is 1. The smallest absolute Gasteiger partial charge is 0.308 e. The molecule has 2 heterocycles. The zero-order valence-corrected chi connectivity index (χ0v) is 13.3. The van der Waals surface area contributed by atoms with Crippen LogP contribution < -0.4 is 9.75 Å². The molecule has 7 heteroatoms. The number of rotatable bonds is 4. The Labute approximate surface area is 134 Å². The van der Waals surface area contributed by atoms with E-state index in [0.29, 0.717) is 12.8 Å². The maximum absolute atomic E-state index is 11.7. The SMILES string of the molecule is COc1ccc2c(c1)CC(C1C(C(=O)O)CCCN1C)N2N=O. The highest BCUT2D eigenvalue weighted by atomic mass is 16.5. The number of carbonyl (C=O) groups is 1. The topological polar surface area (TPSA) is 82.4 Å². The van der Waals surface area contributed by atoms with Gasteiger partial charge in [0.05, 0.1) is 30.0 Å². The fourth-order valence-electron chi connectivity index (χ4n) is 3.96. The summed E-state index contributed by atoms with van der Waals surface area (Å²) in [6.07, 6.45) is 2.08. The summed E-state index contributed by atoms with van der Waals surface area (Å²) in [6, 6.07) is 5.00. The van der Waals surface area contributed by atoms with E-state index in [0.717, 1.165) is 30.0 Å². The Morgan fingerprint density at radius 1 is 1.43 bits per heavy atom. The van der Waals surface area contributed by atoms with E-state index in [1.807, 2.05) is 24.1 Å². The second kappa shape index (κ2) is 6.16.